The van der Waals surface area contributed by atoms with Crippen LogP contribution in [0.3, 0.4) is 0 Å². The van der Waals surface area contributed by atoms with Crippen molar-refractivity contribution in [3.8, 4) is 0 Å². The van der Waals surface area contributed by atoms with Crippen LogP contribution in [-0.2, 0) is 6.42 Å². The molecule has 1 amide bonds. The van der Waals surface area contributed by atoms with Gasteiger partial charge in [0.25, 0.3) is 5.91 Å². The number of hydrogen-bond acceptors (Lipinski definition) is 3. The zero-order chi connectivity index (χ0) is 19.8. The molecule has 6 rings (SSSR count). The Balaban J connectivity index is 1.38. The molecule has 152 valence electrons. The van der Waals surface area contributed by atoms with Gasteiger partial charge < -0.3 is 9.32 Å². The molecule has 0 N–H and O–H groups in total. The molecule has 4 fully saturated rings. The standard InChI is InChI=1S/C24H33NO3/c1-14-20-18(26)11-23(2,3)12-19(20)28-21(14)22(27)25(4)13-24-8-15-5-16(9-24)7-17(6-15)10-24/h15-17H,5-13H2,1-4H3. The molecule has 0 aliphatic heterocycles. The van der Waals surface area contributed by atoms with Crippen molar-refractivity contribution in [2.75, 3.05) is 13.6 Å². The minimum atomic E-state index is -0.0974. The molecule has 0 saturated heterocycles. The van der Waals surface area contributed by atoms with E-state index >= 15 is 0 Å². The van der Waals surface area contributed by atoms with E-state index in [2.05, 4.69) is 13.8 Å². The van der Waals surface area contributed by atoms with Crippen molar-refractivity contribution in [3.63, 3.8) is 0 Å². The lowest BCUT2D eigenvalue weighted by Crippen LogP contribution is -2.51. The van der Waals surface area contributed by atoms with Crippen LogP contribution in [0.4, 0.5) is 0 Å². The van der Waals surface area contributed by atoms with Crippen molar-refractivity contribution in [1.29, 1.82) is 0 Å². The van der Waals surface area contributed by atoms with Crippen molar-refractivity contribution in [2.24, 2.45) is 28.6 Å². The lowest BCUT2D eigenvalue weighted by atomic mass is 9.49. The second-order valence-electron chi connectivity index (χ2n) is 11.4. The van der Waals surface area contributed by atoms with Crippen molar-refractivity contribution in [2.45, 2.75) is 72.1 Å². The van der Waals surface area contributed by atoms with Crippen LogP contribution in [0.1, 0.15) is 91.0 Å². The van der Waals surface area contributed by atoms with E-state index in [9.17, 15) is 9.59 Å². The number of fused-ring (bicyclic) bond motifs is 1. The Labute approximate surface area is 168 Å². The second-order valence-corrected chi connectivity index (χ2v) is 11.4. The number of amides is 1. The normalized spacial score (nSPS) is 35.1. The molecule has 1 heterocycles. The first-order valence-corrected chi connectivity index (χ1v) is 11.1. The van der Waals surface area contributed by atoms with Crippen LogP contribution < -0.4 is 0 Å². The first-order valence-electron chi connectivity index (χ1n) is 11.1. The monoisotopic (exact) mass is 383 g/mol. The Morgan fingerprint density at radius 3 is 2.21 bits per heavy atom. The summed E-state index contributed by atoms with van der Waals surface area (Å²) in [6.07, 6.45) is 9.36. The minimum absolute atomic E-state index is 0.0479. The van der Waals surface area contributed by atoms with Gasteiger partial charge in [0.2, 0.25) is 0 Å². The Bertz CT molecular complexity index is 811. The molecule has 4 heteroatoms. The minimum Gasteiger partial charge on any atom is -0.455 e. The van der Waals surface area contributed by atoms with E-state index in [1.165, 1.54) is 38.5 Å². The van der Waals surface area contributed by atoms with Crippen LogP contribution in [-0.4, -0.2) is 30.2 Å². The lowest BCUT2D eigenvalue weighted by Gasteiger charge is -2.57. The van der Waals surface area contributed by atoms with Crippen LogP contribution in [0, 0.1) is 35.5 Å². The van der Waals surface area contributed by atoms with Gasteiger partial charge in [0.15, 0.2) is 11.5 Å². The molecule has 5 aliphatic rings. The van der Waals surface area contributed by atoms with Gasteiger partial charge in [0.1, 0.15) is 5.76 Å². The van der Waals surface area contributed by atoms with Crippen molar-refractivity contribution >= 4 is 11.7 Å². The molecule has 0 unspecified atom stereocenters. The number of rotatable bonds is 3. The summed E-state index contributed by atoms with van der Waals surface area (Å²) in [6, 6.07) is 0. The summed E-state index contributed by atoms with van der Waals surface area (Å²) in [4.78, 5) is 27.8. The summed E-state index contributed by atoms with van der Waals surface area (Å²) < 4.78 is 6.03. The maximum absolute atomic E-state index is 13.3. The first-order chi connectivity index (χ1) is 13.1. The second kappa shape index (κ2) is 5.96. The van der Waals surface area contributed by atoms with Crippen LogP contribution in [0.25, 0.3) is 0 Å². The van der Waals surface area contributed by atoms with Crippen LogP contribution in [0.15, 0.2) is 4.42 Å². The molecule has 0 aromatic carbocycles. The highest BCUT2D eigenvalue weighted by molar-refractivity contribution is 6.03. The third-order valence-corrected chi connectivity index (χ3v) is 8.06. The molecular formula is C24H33NO3. The van der Waals surface area contributed by atoms with E-state index in [4.69, 9.17) is 4.42 Å². The number of furan rings is 1. The van der Waals surface area contributed by atoms with Crippen LogP contribution in [0.5, 0.6) is 0 Å². The SMILES string of the molecule is Cc1c(C(=O)N(C)CC23CC4CC(CC(C4)C2)C3)oc2c1C(=O)CC(C)(C)C2. The molecule has 0 radical (unpaired) electrons. The number of Topliss-reactive ketones (excluding diaryl/α,β-unsaturated/α-hetero) is 1. The molecule has 0 spiro atoms. The average molecular weight is 384 g/mol. The fourth-order valence-corrected chi connectivity index (χ4v) is 7.52. The highest BCUT2D eigenvalue weighted by Crippen LogP contribution is 2.60. The molecule has 4 saturated carbocycles. The van der Waals surface area contributed by atoms with Gasteiger partial charge in [0.05, 0.1) is 5.56 Å². The number of hydrogen-bond donors (Lipinski definition) is 0. The van der Waals surface area contributed by atoms with Gasteiger partial charge >= 0.3 is 0 Å². The Kier molecular flexibility index (Phi) is 3.93. The zero-order valence-corrected chi connectivity index (χ0v) is 17.8. The summed E-state index contributed by atoms with van der Waals surface area (Å²) in [5.74, 6) is 3.82. The van der Waals surface area contributed by atoms with E-state index in [1.54, 1.807) is 0 Å². The van der Waals surface area contributed by atoms with Gasteiger partial charge in [-0.3, -0.25) is 9.59 Å². The Morgan fingerprint density at radius 2 is 1.64 bits per heavy atom. The van der Waals surface area contributed by atoms with E-state index < -0.39 is 0 Å². The van der Waals surface area contributed by atoms with E-state index in [0.717, 1.165) is 36.3 Å². The maximum Gasteiger partial charge on any atom is 0.289 e. The summed E-state index contributed by atoms with van der Waals surface area (Å²) in [6.45, 7) is 6.89. The molecule has 1 aromatic rings. The van der Waals surface area contributed by atoms with Gasteiger partial charge in [0, 0.05) is 32.0 Å². The number of nitrogens with zero attached hydrogens (tertiary/aromatic N) is 1. The lowest BCUT2D eigenvalue weighted by molar-refractivity contribution is -0.0631. The Morgan fingerprint density at radius 1 is 1.07 bits per heavy atom. The summed E-state index contributed by atoms with van der Waals surface area (Å²) >= 11 is 0. The van der Waals surface area contributed by atoms with Crippen molar-refractivity contribution < 1.29 is 14.0 Å². The Hall–Kier alpha value is -1.58. The third-order valence-electron chi connectivity index (χ3n) is 8.06. The van der Waals surface area contributed by atoms with Crippen molar-refractivity contribution in [1.82, 2.24) is 4.90 Å². The molecular weight excluding hydrogens is 350 g/mol. The van der Waals surface area contributed by atoms with Crippen molar-refractivity contribution in [3.05, 3.63) is 22.6 Å². The fraction of sp³-hybridized carbons (Fsp3) is 0.750. The molecule has 0 atom stereocenters. The summed E-state index contributed by atoms with van der Waals surface area (Å²) in [5.41, 5.74) is 1.64. The van der Waals surface area contributed by atoms with E-state index in [0.29, 0.717) is 28.9 Å². The number of carbonyl (C=O) groups is 2. The van der Waals surface area contributed by atoms with E-state index in [1.807, 2.05) is 18.9 Å². The van der Waals surface area contributed by atoms with E-state index in [-0.39, 0.29) is 17.1 Å². The predicted molar refractivity (Wildman–Crippen MR) is 107 cm³/mol. The number of ketones is 1. The topological polar surface area (TPSA) is 50.5 Å². The third kappa shape index (κ3) is 2.86. The number of carbonyl (C=O) groups excluding carboxylic acids is 2. The highest BCUT2D eigenvalue weighted by Gasteiger charge is 2.51. The first kappa shape index (κ1) is 18.4. The van der Waals surface area contributed by atoms with Gasteiger partial charge in [-0.2, -0.15) is 0 Å². The van der Waals surface area contributed by atoms with Gasteiger partial charge in [-0.25, -0.2) is 0 Å². The molecule has 1 aromatic heterocycles. The van der Waals surface area contributed by atoms with Gasteiger partial charge in [-0.05, 0) is 74.0 Å². The molecule has 5 aliphatic carbocycles. The molecule has 4 nitrogen and oxygen atoms in total. The zero-order valence-electron chi connectivity index (χ0n) is 17.8. The quantitative estimate of drug-likeness (QED) is 0.735. The largest absolute Gasteiger partial charge is 0.455 e. The van der Waals surface area contributed by atoms with Gasteiger partial charge in [-0.15, -0.1) is 0 Å². The van der Waals surface area contributed by atoms with Gasteiger partial charge in [-0.1, -0.05) is 13.8 Å². The van der Waals surface area contributed by atoms with Crippen LogP contribution in [0.2, 0.25) is 0 Å². The van der Waals surface area contributed by atoms with Crippen LogP contribution >= 0.6 is 0 Å². The smallest absolute Gasteiger partial charge is 0.289 e. The maximum atomic E-state index is 13.3. The predicted octanol–water partition coefficient (Wildman–Crippen LogP) is 5.03. The molecule has 4 bridgehead atoms. The average Bonchev–Trinajstić information content (AvgIpc) is 2.87. The fourth-order valence-electron chi connectivity index (χ4n) is 7.52. The summed E-state index contributed by atoms with van der Waals surface area (Å²) in [7, 11) is 1.92. The highest BCUT2D eigenvalue weighted by atomic mass is 16.4. The molecule has 28 heavy (non-hydrogen) atoms. The summed E-state index contributed by atoms with van der Waals surface area (Å²) in [5, 5.41) is 0.